The van der Waals surface area contributed by atoms with E-state index in [2.05, 4.69) is 5.10 Å². The van der Waals surface area contributed by atoms with Crippen molar-refractivity contribution >= 4 is 11.5 Å². The summed E-state index contributed by atoms with van der Waals surface area (Å²) >= 11 is 0. The summed E-state index contributed by atoms with van der Waals surface area (Å²) < 4.78 is 39.4. The van der Waals surface area contributed by atoms with E-state index in [1.54, 1.807) is 0 Å². The Hall–Kier alpha value is -1.80. The molecule has 1 atom stereocenters. The molecule has 1 fully saturated rings. The smallest absolute Gasteiger partial charge is 0.350 e. The number of aromatic nitrogens is 2. The number of halogens is 3. The number of alkyl halides is 3. The van der Waals surface area contributed by atoms with E-state index in [4.69, 9.17) is 0 Å². The van der Waals surface area contributed by atoms with Crippen LogP contribution in [0.3, 0.4) is 0 Å². The minimum absolute atomic E-state index is 0.0612. The van der Waals surface area contributed by atoms with Gasteiger partial charge in [0.1, 0.15) is 6.20 Å². The van der Waals surface area contributed by atoms with Crippen molar-refractivity contribution in [1.82, 2.24) is 9.78 Å². The topological polar surface area (TPSA) is 64.2 Å². The van der Waals surface area contributed by atoms with Gasteiger partial charge in [0.25, 0.3) is 0 Å². The van der Waals surface area contributed by atoms with Gasteiger partial charge in [-0.2, -0.15) is 18.3 Å². The van der Waals surface area contributed by atoms with Gasteiger partial charge in [0.2, 0.25) is 5.82 Å². The van der Waals surface area contributed by atoms with Gasteiger partial charge in [-0.25, -0.2) is 4.68 Å². The lowest BCUT2D eigenvalue weighted by Gasteiger charge is -2.34. The largest absolute Gasteiger partial charge is 0.393 e. The molecule has 2 heterocycles. The van der Waals surface area contributed by atoms with Gasteiger partial charge in [-0.1, -0.05) is 0 Å². The molecule has 106 valence electrons. The lowest BCUT2D eigenvalue weighted by molar-refractivity contribution is -0.384. The maximum Gasteiger partial charge on any atom is 0.393 e. The molecule has 0 unspecified atom stereocenters. The minimum Gasteiger partial charge on any atom is -0.350 e. The second kappa shape index (κ2) is 4.71. The van der Waals surface area contributed by atoms with Crippen LogP contribution in [0.4, 0.5) is 24.7 Å². The summed E-state index contributed by atoms with van der Waals surface area (Å²) in [4.78, 5) is 11.6. The highest BCUT2D eigenvalue weighted by atomic mass is 19.4. The van der Waals surface area contributed by atoms with E-state index in [0.29, 0.717) is 13.0 Å². The summed E-state index contributed by atoms with van der Waals surface area (Å²) in [6, 6.07) is 0. The lowest BCUT2D eigenvalue weighted by Crippen LogP contribution is -2.42. The first-order chi connectivity index (χ1) is 8.80. The van der Waals surface area contributed by atoms with Crippen LogP contribution < -0.4 is 4.90 Å². The number of nitrogens with zero attached hydrogens (tertiary/aromatic N) is 4. The first-order valence-electron chi connectivity index (χ1n) is 5.78. The Balaban J connectivity index is 2.27. The summed E-state index contributed by atoms with van der Waals surface area (Å²) in [7, 11) is 1.49. The standard InChI is InChI=1S/C10H13F3N4O2/c1-15-9(8(5-14-15)17(18)19)16-4-2-3-7(6-16)10(11,12)13/h5,7H,2-4,6H2,1H3/t7-/m0/s1. The fourth-order valence-corrected chi connectivity index (χ4v) is 2.35. The van der Waals surface area contributed by atoms with Gasteiger partial charge in [-0.05, 0) is 12.8 Å². The maximum absolute atomic E-state index is 12.7. The Morgan fingerprint density at radius 1 is 1.53 bits per heavy atom. The first kappa shape index (κ1) is 13.6. The lowest BCUT2D eigenvalue weighted by atomic mass is 9.97. The predicted molar refractivity (Wildman–Crippen MR) is 60.9 cm³/mol. The van der Waals surface area contributed by atoms with Crippen LogP contribution >= 0.6 is 0 Å². The maximum atomic E-state index is 12.7. The molecule has 1 saturated heterocycles. The molecule has 0 radical (unpaired) electrons. The van der Waals surface area contributed by atoms with Crippen LogP contribution in [0, 0.1) is 16.0 Å². The second-order valence-corrected chi connectivity index (χ2v) is 4.56. The van der Waals surface area contributed by atoms with Gasteiger partial charge in [0.15, 0.2) is 0 Å². The monoisotopic (exact) mass is 278 g/mol. The molecule has 0 aliphatic carbocycles. The molecule has 0 saturated carbocycles. The highest BCUT2D eigenvalue weighted by molar-refractivity contribution is 5.57. The quantitative estimate of drug-likeness (QED) is 0.614. The molecule has 1 aliphatic heterocycles. The third-order valence-electron chi connectivity index (χ3n) is 3.27. The van der Waals surface area contributed by atoms with Gasteiger partial charge in [0.05, 0.1) is 10.8 Å². The first-order valence-corrected chi connectivity index (χ1v) is 5.78. The van der Waals surface area contributed by atoms with Crippen molar-refractivity contribution in [2.75, 3.05) is 18.0 Å². The van der Waals surface area contributed by atoms with Crippen LogP contribution in [0.5, 0.6) is 0 Å². The molecule has 0 aromatic carbocycles. The highest BCUT2D eigenvalue weighted by Crippen LogP contribution is 2.37. The van der Waals surface area contributed by atoms with E-state index in [0.717, 1.165) is 6.20 Å². The molecule has 1 aliphatic rings. The van der Waals surface area contributed by atoms with Gasteiger partial charge in [-0.3, -0.25) is 10.1 Å². The number of nitro groups is 1. The average Bonchev–Trinajstić information content (AvgIpc) is 2.70. The van der Waals surface area contributed by atoms with Crippen LogP contribution in [-0.2, 0) is 7.05 Å². The number of anilines is 1. The minimum atomic E-state index is -4.27. The molecule has 2 rings (SSSR count). The Kier molecular flexibility index (Phi) is 3.38. The molecule has 0 amide bonds. The molecule has 1 aromatic heterocycles. The van der Waals surface area contributed by atoms with E-state index >= 15 is 0 Å². The van der Waals surface area contributed by atoms with Gasteiger partial charge >= 0.3 is 11.9 Å². The highest BCUT2D eigenvalue weighted by Gasteiger charge is 2.43. The SMILES string of the molecule is Cn1ncc([N+](=O)[O-])c1N1CCC[C@H](C(F)(F)F)C1. The Bertz CT molecular complexity index is 486. The zero-order chi connectivity index (χ0) is 14.2. The third kappa shape index (κ3) is 2.64. The van der Waals surface area contributed by atoms with Crippen molar-refractivity contribution in [1.29, 1.82) is 0 Å². The van der Waals surface area contributed by atoms with Crippen LogP contribution in [0.25, 0.3) is 0 Å². The van der Waals surface area contributed by atoms with E-state index < -0.39 is 17.0 Å². The van der Waals surface area contributed by atoms with Gasteiger partial charge < -0.3 is 4.90 Å². The van der Waals surface area contributed by atoms with Crippen LogP contribution in [-0.4, -0.2) is 34.0 Å². The van der Waals surface area contributed by atoms with Crippen LogP contribution in [0.2, 0.25) is 0 Å². The second-order valence-electron chi connectivity index (χ2n) is 4.56. The van der Waals surface area contributed by atoms with Crippen LogP contribution in [0.1, 0.15) is 12.8 Å². The van der Waals surface area contributed by atoms with Crippen molar-refractivity contribution < 1.29 is 18.1 Å². The van der Waals surface area contributed by atoms with E-state index in [1.807, 2.05) is 0 Å². The molecule has 0 spiro atoms. The van der Waals surface area contributed by atoms with Crippen molar-refractivity contribution in [2.45, 2.75) is 19.0 Å². The third-order valence-corrected chi connectivity index (χ3v) is 3.27. The zero-order valence-electron chi connectivity index (χ0n) is 10.2. The average molecular weight is 278 g/mol. The van der Waals surface area contributed by atoms with Gasteiger partial charge in [-0.15, -0.1) is 0 Å². The zero-order valence-corrected chi connectivity index (χ0v) is 10.2. The Labute approximate surface area is 106 Å². The molecule has 0 bridgehead atoms. The molecular weight excluding hydrogens is 265 g/mol. The normalized spacial score (nSPS) is 20.6. The molecule has 6 nitrogen and oxygen atoms in total. The fourth-order valence-electron chi connectivity index (χ4n) is 2.35. The van der Waals surface area contributed by atoms with E-state index in [1.165, 1.54) is 16.6 Å². The fraction of sp³-hybridized carbons (Fsp3) is 0.700. The van der Waals surface area contributed by atoms with Crippen LogP contribution in [0.15, 0.2) is 6.20 Å². The molecule has 0 N–H and O–H groups in total. The summed E-state index contributed by atoms with van der Waals surface area (Å²) in [6.07, 6.45) is -2.79. The van der Waals surface area contributed by atoms with E-state index in [-0.39, 0.29) is 24.5 Å². The summed E-state index contributed by atoms with van der Waals surface area (Å²) in [5.74, 6) is -1.31. The van der Waals surface area contributed by atoms with Gasteiger partial charge in [0, 0.05) is 20.1 Å². The summed E-state index contributed by atoms with van der Waals surface area (Å²) in [5.41, 5.74) is -0.259. The Morgan fingerprint density at radius 3 is 2.79 bits per heavy atom. The summed E-state index contributed by atoms with van der Waals surface area (Å²) in [5, 5.41) is 14.6. The molecular formula is C10H13F3N4O2. The van der Waals surface area contributed by atoms with Crippen molar-refractivity contribution in [3.63, 3.8) is 0 Å². The van der Waals surface area contributed by atoms with E-state index in [9.17, 15) is 23.3 Å². The molecule has 19 heavy (non-hydrogen) atoms. The van der Waals surface area contributed by atoms with Crippen molar-refractivity contribution in [2.24, 2.45) is 13.0 Å². The number of hydrogen-bond donors (Lipinski definition) is 0. The number of piperidine rings is 1. The Morgan fingerprint density at radius 2 is 2.21 bits per heavy atom. The molecule has 9 heteroatoms. The van der Waals surface area contributed by atoms with Crippen molar-refractivity contribution in [3.05, 3.63) is 16.3 Å². The summed E-state index contributed by atoms with van der Waals surface area (Å²) in [6.45, 7) is 0.108. The van der Waals surface area contributed by atoms with Crippen molar-refractivity contribution in [3.8, 4) is 0 Å². The number of rotatable bonds is 2. The number of hydrogen-bond acceptors (Lipinski definition) is 4. The predicted octanol–water partition coefficient (Wildman–Crippen LogP) is 2.11. The molecule has 1 aromatic rings. The number of aryl methyl sites for hydroxylation is 1.